The van der Waals surface area contributed by atoms with E-state index in [9.17, 15) is 14.7 Å². The summed E-state index contributed by atoms with van der Waals surface area (Å²) in [5.74, 6) is -0.912. The lowest BCUT2D eigenvalue weighted by Gasteiger charge is -2.18. The van der Waals surface area contributed by atoms with Crippen LogP contribution in [0.4, 0.5) is 5.69 Å². The molecule has 2 aromatic rings. The van der Waals surface area contributed by atoms with E-state index < -0.39 is 11.9 Å². The summed E-state index contributed by atoms with van der Waals surface area (Å²) >= 11 is 0. The Balaban J connectivity index is 1.86. The number of phenolic OH excluding ortho intramolecular Hbond substituents is 1. The van der Waals surface area contributed by atoms with Crippen LogP contribution in [-0.4, -0.2) is 35.3 Å². The third kappa shape index (κ3) is 3.03. The van der Waals surface area contributed by atoms with Gasteiger partial charge in [0.2, 0.25) is 0 Å². The SMILES string of the molecule is O=C(Nc1ccc(O)cc1C(=O)O)c1ccc2c(c1)OCCO2. The van der Waals surface area contributed by atoms with Crippen LogP contribution in [0, 0.1) is 0 Å². The number of nitrogens with one attached hydrogen (secondary N) is 1. The molecule has 7 heteroatoms. The van der Waals surface area contributed by atoms with Crippen molar-refractivity contribution in [3.05, 3.63) is 47.5 Å². The summed E-state index contributed by atoms with van der Waals surface area (Å²) in [4.78, 5) is 23.5. The fraction of sp³-hybridized carbons (Fsp3) is 0.125. The number of ether oxygens (including phenoxy) is 2. The van der Waals surface area contributed by atoms with E-state index >= 15 is 0 Å². The van der Waals surface area contributed by atoms with Crippen LogP contribution in [-0.2, 0) is 0 Å². The number of hydrogen-bond donors (Lipinski definition) is 3. The van der Waals surface area contributed by atoms with E-state index in [2.05, 4.69) is 5.32 Å². The number of carbonyl (C=O) groups is 2. The molecule has 0 bridgehead atoms. The van der Waals surface area contributed by atoms with Crippen LogP contribution in [0.25, 0.3) is 0 Å². The number of hydrogen-bond acceptors (Lipinski definition) is 5. The summed E-state index contributed by atoms with van der Waals surface area (Å²) in [7, 11) is 0. The number of anilines is 1. The second-order valence-corrected chi connectivity index (χ2v) is 4.85. The number of carbonyl (C=O) groups excluding carboxylic acids is 1. The lowest BCUT2D eigenvalue weighted by Crippen LogP contribution is -2.18. The maximum absolute atomic E-state index is 12.3. The number of phenols is 1. The van der Waals surface area contributed by atoms with Crippen LogP contribution in [0.2, 0.25) is 0 Å². The molecule has 3 N–H and O–H groups in total. The van der Waals surface area contributed by atoms with Gasteiger partial charge in [-0.1, -0.05) is 0 Å². The molecule has 0 spiro atoms. The van der Waals surface area contributed by atoms with Crippen molar-refractivity contribution in [3.8, 4) is 17.2 Å². The first-order valence-corrected chi connectivity index (χ1v) is 6.82. The maximum Gasteiger partial charge on any atom is 0.337 e. The summed E-state index contributed by atoms with van der Waals surface area (Å²) in [5, 5.41) is 21.0. The Labute approximate surface area is 131 Å². The van der Waals surface area contributed by atoms with Gasteiger partial charge in [0.05, 0.1) is 11.3 Å². The molecule has 0 saturated carbocycles. The van der Waals surface area contributed by atoms with Crippen molar-refractivity contribution in [2.75, 3.05) is 18.5 Å². The van der Waals surface area contributed by atoms with Gasteiger partial charge >= 0.3 is 5.97 Å². The number of carboxylic acid groups (broad SMARTS) is 1. The molecule has 7 nitrogen and oxygen atoms in total. The van der Waals surface area contributed by atoms with Crippen LogP contribution in [0.1, 0.15) is 20.7 Å². The van der Waals surface area contributed by atoms with Gasteiger partial charge < -0.3 is 25.0 Å². The molecule has 0 saturated heterocycles. The van der Waals surface area contributed by atoms with Crippen LogP contribution in [0.5, 0.6) is 17.2 Å². The lowest BCUT2D eigenvalue weighted by atomic mass is 10.1. The Morgan fingerprint density at radius 2 is 1.74 bits per heavy atom. The van der Waals surface area contributed by atoms with Gasteiger partial charge in [-0.25, -0.2) is 4.79 Å². The maximum atomic E-state index is 12.3. The summed E-state index contributed by atoms with van der Waals surface area (Å²) in [6, 6.07) is 8.41. The minimum atomic E-state index is -1.25. The standard InChI is InChI=1S/C16H13NO6/c18-10-2-3-12(11(8-10)16(20)21)17-15(19)9-1-4-13-14(7-9)23-6-5-22-13/h1-4,7-8,18H,5-6H2,(H,17,19)(H,20,21). The minimum absolute atomic E-state index is 0.0928. The van der Waals surface area contributed by atoms with Crippen molar-refractivity contribution in [2.45, 2.75) is 0 Å². The van der Waals surface area contributed by atoms with Crippen molar-refractivity contribution >= 4 is 17.6 Å². The first kappa shape index (κ1) is 14.7. The Morgan fingerprint density at radius 1 is 1.00 bits per heavy atom. The number of carboxylic acids is 1. The van der Waals surface area contributed by atoms with Gasteiger partial charge in [-0.05, 0) is 36.4 Å². The highest BCUT2D eigenvalue weighted by molar-refractivity contribution is 6.08. The molecule has 0 fully saturated rings. The van der Waals surface area contributed by atoms with E-state index in [1.54, 1.807) is 12.1 Å². The lowest BCUT2D eigenvalue weighted by molar-refractivity contribution is 0.0697. The Hall–Kier alpha value is -3.22. The van der Waals surface area contributed by atoms with Gasteiger partial charge in [-0.15, -0.1) is 0 Å². The topological polar surface area (TPSA) is 105 Å². The average Bonchev–Trinajstić information content (AvgIpc) is 2.55. The zero-order valence-electron chi connectivity index (χ0n) is 11.9. The summed E-state index contributed by atoms with van der Waals surface area (Å²) in [5.41, 5.74) is 0.199. The van der Waals surface area contributed by atoms with Crippen LogP contribution >= 0.6 is 0 Å². The summed E-state index contributed by atoms with van der Waals surface area (Å²) < 4.78 is 10.8. The van der Waals surface area contributed by atoms with Crippen molar-refractivity contribution in [3.63, 3.8) is 0 Å². The minimum Gasteiger partial charge on any atom is -0.508 e. The highest BCUT2D eigenvalue weighted by Gasteiger charge is 2.17. The van der Waals surface area contributed by atoms with Crippen molar-refractivity contribution in [1.82, 2.24) is 0 Å². The van der Waals surface area contributed by atoms with Gasteiger partial charge in [0.15, 0.2) is 11.5 Å². The molecule has 118 valence electrons. The normalized spacial score (nSPS) is 12.5. The molecule has 0 unspecified atom stereocenters. The first-order chi connectivity index (χ1) is 11.0. The molecule has 0 radical (unpaired) electrons. The molecule has 1 aliphatic rings. The van der Waals surface area contributed by atoms with Crippen LogP contribution in [0.15, 0.2) is 36.4 Å². The Bertz CT molecular complexity index is 786. The van der Waals surface area contributed by atoms with Gasteiger partial charge in [-0.2, -0.15) is 0 Å². The van der Waals surface area contributed by atoms with Crippen molar-refractivity contribution in [2.24, 2.45) is 0 Å². The number of aromatic carboxylic acids is 1. The molecular formula is C16H13NO6. The smallest absolute Gasteiger partial charge is 0.337 e. The fourth-order valence-electron chi connectivity index (χ4n) is 2.20. The number of rotatable bonds is 3. The molecule has 1 amide bonds. The second-order valence-electron chi connectivity index (χ2n) is 4.85. The quantitative estimate of drug-likeness (QED) is 0.749. The highest BCUT2D eigenvalue weighted by Crippen LogP contribution is 2.31. The number of amides is 1. The van der Waals surface area contributed by atoms with Crippen molar-refractivity contribution in [1.29, 1.82) is 0 Å². The summed E-state index contributed by atoms with van der Waals surface area (Å²) in [6.45, 7) is 0.854. The fourth-order valence-corrected chi connectivity index (χ4v) is 2.20. The van der Waals surface area contributed by atoms with Gasteiger partial charge in [0, 0.05) is 5.56 Å². The third-order valence-corrected chi connectivity index (χ3v) is 3.29. The molecule has 1 heterocycles. The first-order valence-electron chi connectivity index (χ1n) is 6.82. The predicted molar refractivity (Wildman–Crippen MR) is 80.5 cm³/mol. The molecule has 0 aromatic heterocycles. The molecule has 0 atom stereocenters. The number of aromatic hydroxyl groups is 1. The van der Waals surface area contributed by atoms with E-state index in [1.807, 2.05) is 0 Å². The molecule has 1 aliphatic heterocycles. The van der Waals surface area contributed by atoms with Crippen LogP contribution < -0.4 is 14.8 Å². The summed E-state index contributed by atoms with van der Waals surface area (Å²) in [6.07, 6.45) is 0. The van der Waals surface area contributed by atoms with E-state index in [0.717, 1.165) is 6.07 Å². The Kier molecular flexibility index (Phi) is 3.76. The third-order valence-electron chi connectivity index (χ3n) is 3.29. The highest BCUT2D eigenvalue weighted by atomic mass is 16.6. The largest absolute Gasteiger partial charge is 0.508 e. The number of benzene rings is 2. The molecule has 2 aromatic carbocycles. The molecule has 3 rings (SSSR count). The molecular weight excluding hydrogens is 302 g/mol. The molecule has 23 heavy (non-hydrogen) atoms. The zero-order valence-corrected chi connectivity index (χ0v) is 11.9. The molecule has 0 aliphatic carbocycles. The Morgan fingerprint density at radius 3 is 2.48 bits per heavy atom. The van der Waals surface area contributed by atoms with Crippen molar-refractivity contribution < 1.29 is 29.3 Å². The van der Waals surface area contributed by atoms with Crippen LogP contribution in [0.3, 0.4) is 0 Å². The van der Waals surface area contributed by atoms with E-state index in [4.69, 9.17) is 14.6 Å². The van der Waals surface area contributed by atoms with Gasteiger partial charge in [0.25, 0.3) is 5.91 Å². The van der Waals surface area contributed by atoms with Gasteiger partial charge in [0.1, 0.15) is 19.0 Å². The zero-order chi connectivity index (χ0) is 16.4. The monoisotopic (exact) mass is 315 g/mol. The van der Waals surface area contributed by atoms with E-state index in [1.165, 1.54) is 18.2 Å². The predicted octanol–water partition coefficient (Wildman–Crippen LogP) is 2.11. The van der Waals surface area contributed by atoms with E-state index in [0.29, 0.717) is 30.3 Å². The van der Waals surface area contributed by atoms with E-state index in [-0.39, 0.29) is 17.0 Å². The average molecular weight is 315 g/mol. The second kappa shape index (κ2) is 5.88. The van der Waals surface area contributed by atoms with Gasteiger partial charge in [-0.3, -0.25) is 4.79 Å². The number of fused-ring (bicyclic) bond motifs is 1.